The molecule has 2 nitrogen and oxygen atoms in total. The molecule has 0 saturated carbocycles. The maximum atomic E-state index is 13.5. The topological polar surface area (TPSA) is 29.3 Å². The van der Waals surface area contributed by atoms with Gasteiger partial charge in [0.25, 0.3) is 0 Å². The van der Waals surface area contributed by atoms with Crippen molar-refractivity contribution < 1.29 is 4.39 Å². The lowest BCUT2D eigenvalue weighted by molar-refractivity contribution is 0.624. The number of nitrogens with two attached hydrogens (primary N) is 1. The van der Waals surface area contributed by atoms with Crippen LogP contribution in [0.2, 0.25) is 0 Å². The summed E-state index contributed by atoms with van der Waals surface area (Å²) in [7, 11) is 0. The molecule has 1 aliphatic rings. The third-order valence-electron chi connectivity index (χ3n) is 2.49. The summed E-state index contributed by atoms with van der Waals surface area (Å²) >= 11 is 0. The number of benzene rings is 1. The highest BCUT2D eigenvalue weighted by Gasteiger charge is 2.13. The van der Waals surface area contributed by atoms with Gasteiger partial charge < -0.3 is 10.6 Å². The third kappa shape index (κ3) is 1.45. The quantitative estimate of drug-likeness (QED) is 0.545. The van der Waals surface area contributed by atoms with Crippen LogP contribution in [0.3, 0.4) is 0 Å². The molecular formula is C11H13FN2. The molecule has 2 N–H and O–H groups in total. The molecule has 0 bridgehead atoms. The second-order valence-corrected chi connectivity index (χ2v) is 3.54. The zero-order chi connectivity index (χ0) is 10.1. The Morgan fingerprint density at radius 3 is 2.57 bits per heavy atom. The van der Waals surface area contributed by atoms with Crippen molar-refractivity contribution in [1.29, 1.82) is 0 Å². The summed E-state index contributed by atoms with van der Waals surface area (Å²) in [5.74, 6) is -0.239. The van der Waals surface area contributed by atoms with E-state index in [1.54, 1.807) is 6.07 Å². The smallest absolute Gasteiger partial charge is 0.148 e. The first kappa shape index (κ1) is 9.06. The maximum absolute atomic E-state index is 13.5. The number of aryl methyl sites for hydroxylation is 1. The molecule has 0 aliphatic carbocycles. The minimum atomic E-state index is -0.239. The molecule has 1 aliphatic heterocycles. The molecule has 3 heteroatoms. The molecule has 2 rings (SSSR count). The summed E-state index contributed by atoms with van der Waals surface area (Å²) in [5, 5.41) is 0. The number of hydrogen-bond donors (Lipinski definition) is 1. The molecule has 1 heterocycles. The van der Waals surface area contributed by atoms with Gasteiger partial charge in [-0.2, -0.15) is 0 Å². The predicted molar refractivity (Wildman–Crippen MR) is 56.9 cm³/mol. The van der Waals surface area contributed by atoms with Crippen molar-refractivity contribution in [2.75, 3.05) is 23.7 Å². The molecule has 0 atom stereocenters. The van der Waals surface area contributed by atoms with Gasteiger partial charge in [-0.3, -0.25) is 0 Å². The molecule has 0 unspecified atom stereocenters. The fourth-order valence-corrected chi connectivity index (χ4v) is 1.60. The monoisotopic (exact) mass is 192 g/mol. The van der Waals surface area contributed by atoms with Crippen LogP contribution in [0.4, 0.5) is 15.8 Å². The van der Waals surface area contributed by atoms with Crippen molar-refractivity contribution in [3.05, 3.63) is 35.7 Å². The van der Waals surface area contributed by atoms with Gasteiger partial charge in [-0.25, -0.2) is 4.39 Å². The SMILES string of the molecule is Cc1cc(N2CC=CC2)c(F)cc1N. The summed E-state index contributed by atoms with van der Waals surface area (Å²) in [6.45, 7) is 3.45. The van der Waals surface area contributed by atoms with E-state index in [9.17, 15) is 4.39 Å². The first-order valence-corrected chi connectivity index (χ1v) is 4.64. The summed E-state index contributed by atoms with van der Waals surface area (Å²) in [5.41, 5.74) is 7.69. The average molecular weight is 192 g/mol. The zero-order valence-corrected chi connectivity index (χ0v) is 8.13. The number of rotatable bonds is 1. The van der Waals surface area contributed by atoms with Gasteiger partial charge in [0, 0.05) is 18.8 Å². The lowest BCUT2D eigenvalue weighted by Crippen LogP contribution is -2.20. The van der Waals surface area contributed by atoms with E-state index < -0.39 is 0 Å². The molecule has 0 spiro atoms. The van der Waals surface area contributed by atoms with Crippen LogP contribution < -0.4 is 10.6 Å². The van der Waals surface area contributed by atoms with Gasteiger partial charge in [-0.05, 0) is 24.6 Å². The summed E-state index contributed by atoms with van der Waals surface area (Å²) in [4.78, 5) is 1.97. The van der Waals surface area contributed by atoms with Gasteiger partial charge in [-0.1, -0.05) is 12.2 Å². The van der Waals surface area contributed by atoms with Crippen molar-refractivity contribution >= 4 is 11.4 Å². The van der Waals surface area contributed by atoms with E-state index in [0.29, 0.717) is 11.4 Å². The molecule has 74 valence electrons. The van der Waals surface area contributed by atoms with Gasteiger partial charge in [0.1, 0.15) is 5.82 Å². The first-order chi connectivity index (χ1) is 6.68. The second kappa shape index (κ2) is 3.33. The van der Waals surface area contributed by atoms with Crippen LogP contribution in [0, 0.1) is 12.7 Å². The van der Waals surface area contributed by atoms with Crippen molar-refractivity contribution in [2.24, 2.45) is 0 Å². The lowest BCUT2D eigenvalue weighted by atomic mass is 10.1. The molecular weight excluding hydrogens is 179 g/mol. The van der Waals surface area contributed by atoms with E-state index >= 15 is 0 Å². The number of anilines is 2. The van der Waals surface area contributed by atoms with E-state index in [-0.39, 0.29) is 5.82 Å². The molecule has 0 radical (unpaired) electrons. The molecule has 14 heavy (non-hydrogen) atoms. The van der Waals surface area contributed by atoms with Crippen LogP contribution in [0.15, 0.2) is 24.3 Å². The largest absolute Gasteiger partial charge is 0.398 e. The van der Waals surface area contributed by atoms with Gasteiger partial charge >= 0.3 is 0 Å². The van der Waals surface area contributed by atoms with E-state index in [1.807, 2.05) is 24.0 Å². The Morgan fingerprint density at radius 2 is 1.93 bits per heavy atom. The molecule has 1 aromatic rings. The fraction of sp³-hybridized carbons (Fsp3) is 0.273. The van der Waals surface area contributed by atoms with Crippen LogP contribution in [0.25, 0.3) is 0 Å². The van der Waals surface area contributed by atoms with E-state index in [0.717, 1.165) is 18.7 Å². The molecule has 0 saturated heterocycles. The standard InChI is InChI=1S/C11H13FN2/c1-8-6-11(9(12)7-10(8)13)14-4-2-3-5-14/h2-3,6-7H,4-5,13H2,1H3. The first-order valence-electron chi connectivity index (χ1n) is 4.64. The summed E-state index contributed by atoms with van der Waals surface area (Å²) in [6.07, 6.45) is 4.07. The number of nitrogen functional groups attached to an aromatic ring is 1. The Kier molecular flexibility index (Phi) is 2.15. The van der Waals surface area contributed by atoms with E-state index in [1.165, 1.54) is 6.07 Å². The van der Waals surface area contributed by atoms with Crippen molar-refractivity contribution in [1.82, 2.24) is 0 Å². The minimum Gasteiger partial charge on any atom is -0.398 e. The lowest BCUT2D eigenvalue weighted by Gasteiger charge is -2.19. The minimum absolute atomic E-state index is 0.239. The van der Waals surface area contributed by atoms with Crippen molar-refractivity contribution in [3.8, 4) is 0 Å². The predicted octanol–water partition coefficient (Wildman–Crippen LogP) is 2.09. The van der Waals surface area contributed by atoms with Crippen LogP contribution in [0.1, 0.15) is 5.56 Å². The van der Waals surface area contributed by atoms with Crippen LogP contribution >= 0.6 is 0 Å². The fourth-order valence-electron chi connectivity index (χ4n) is 1.60. The molecule has 1 aromatic carbocycles. The molecule has 0 fully saturated rings. The van der Waals surface area contributed by atoms with Gasteiger partial charge in [0.15, 0.2) is 0 Å². The Balaban J connectivity index is 2.38. The van der Waals surface area contributed by atoms with Crippen molar-refractivity contribution in [2.45, 2.75) is 6.92 Å². The van der Waals surface area contributed by atoms with Crippen LogP contribution in [-0.4, -0.2) is 13.1 Å². The third-order valence-corrected chi connectivity index (χ3v) is 2.49. The Labute approximate surface area is 82.8 Å². The Morgan fingerprint density at radius 1 is 1.29 bits per heavy atom. The molecule has 0 amide bonds. The average Bonchev–Trinajstić information content (AvgIpc) is 2.64. The summed E-state index contributed by atoms with van der Waals surface area (Å²) < 4.78 is 13.5. The van der Waals surface area contributed by atoms with Crippen LogP contribution in [-0.2, 0) is 0 Å². The van der Waals surface area contributed by atoms with E-state index in [2.05, 4.69) is 0 Å². The van der Waals surface area contributed by atoms with Gasteiger partial charge in [0.2, 0.25) is 0 Å². The number of nitrogens with zero attached hydrogens (tertiary/aromatic N) is 1. The highest BCUT2D eigenvalue weighted by atomic mass is 19.1. The molecule has 0 aromatic heterocycles. The normalized spacial score (nSPS) is 15.1. The van der Waals surface area contributed by atoms with Gasteiger partial charge in [0.05, 0.1) is 5.69 Å². The Hall–Kier alpha value is -1.51. The maximum Gasteiger partial charge on any atom is 0.148 e. The number of hydrogen-bond acceptors (Lipinski definition) is 2. The van der Waals surface area contributed by atoms with E-state index in [4.69, 9.17) is 5.73 Å². The van der Waals surface area contributed by atoms with Gasteiger partial charge in [-0.15, -0.1) is 0 Å². The zero-order valence-electron chi connectivity index (χ0n) is 8.13. The van der Waals surface area contributed by atoms with Crippen LogP contribution in [0.5, 0.6) is 0 Å². The highest BCUT2D eigenvalue weighted by Crippen LogP contribution is 2.25. The second-order valence-electron chi connectivity index (χ2n) is 3.54. The highest BCUT2D eigenvalue weighted by molar-refractivity contribution is 5.60. The van der Waals surface area contributed by atoms with Crippen molar-refractivity contribution in [3.63, 3.8) is 0 Å². The summed E-state index contributed by atoms with van der Waals surface area (Å²) in [6, 6.07) is 3.20. The Bertz CT molecular complexity index is 377. The number of halogens is 1.